The molecule has 2 amide bonds. The van der Waals surface area contributed by atoms with E-state index in [1.165, 1.54) is 18.3 Å². The molecule has 1 atom stereocenters. The van der Waals surface area contributed by atoms with Crippen molar-refractivity contribution in [2.24, 2.45) is 5.92 Å². The van der Waals surface area contributed by atoms with Gasteiger partial charge in [0.25, 0.3) is 11.5 Å². The Bertz CT molecular complexity index is 985. The Hall–Kier alpha value is -3.96. The van der Waals surface area contributed by atoms with Gasteiger partial charge in [0.2, 0.25) is 11.9 Å². The number of carboxylic acids is 1. The lowest BCUT2D eigenvalue weighted by Gasteiger charge is -2.17. The topological polar surface area (TPSA) is 206 Å². The Morgan fingerprint density at radius 2 is 1.93 bits per heavy atom. The third-order valence-electron chi connectivity index (χ3n) is 3.90. The average Bonchev–Trinajstić information content (AvgIpc) is 2.62. The lowest BCUT2D eigenvalue weighted by Crippen LogP contribution is -2.44. The maximum absolute atomic E-state index is 12.1. The van der Waals surface area contributed by atoms with Gasteiger partial charge in [-0.15, -0.1) is 0 Å². The summed E-state index contributed by atoms with van der Waals surface area (Å²) in [5.74, 6) is -2.98. The van der Waals surface area contributed by atoms with Crippen LogP contribution in [0, 0.1) is 5.92 Å². The highest BCUT2D eigenvalue weighted by molar-refractivity contribution is 5.96. The fourth-order valence-electron chi connectivity index (χ4n) is 2.40. The van der Waals surface area contributed by atoms with Crippen molar-refractivity contribution in [3.63, 3.8) is 0 Å². The van der Waals surface area contributed by atoms with Crippen LogP contribution in [0.1, 0.15) is 29.9 Å². The van der Waals surface area contributed by atoms with Crippen LogP contribution in [0.3, 0.4) is 0 Å². The Labute approximate surface area is 164 Å². The van der Waals surface area contributed by atoms with Crippen LogP contribution >= 0.6 is 0 Å². The van der Waals surface area contributed by atoms with Crippen molar-refractivity contribution in [2.75, 3.05) is 16.8 Å². The van der Waals surface area contributed by atoms with E-state index in [1.54, 1.807) is 13.8 Å². The van der Waals surface area contributed by atoms with Crippen LogP contribution in [0.25, 0.3) is 0 Å². The summed E-state index contributed by atoms with van der Waals surface area (Å²) in [5, 5.41) is 14.0. The van der Waals surface area contributed by atoms with E-state index >= 15 is 0 Å². The number of hydrogen-bond acceptors (Lipinski definition) is 8. The molecule has 0 unspecified atom stereocenters. The molecule has 0 bridgehead atoms. The fraction of sp³-hybridized carbons (Fsp3) is 0.294. The quantitative estimate of drug-likeness (QED) is 0.346. The number of nitrogens with one attached hydrogen (secondary N) is 3. The summed E-state index contributed by atoms with van der Waals surface area (Å²) < 4.78 is 0. The minimum absolute atomic E-state index is 0.0154. The SMILES string of the molecule is CC(C)[C@H](NC(=O)c1ccc(NC(=O)Cc2c(N)nc(N)[nH]c2=O)cn1)C(=O)O. The molecule has 0 saturated carbocycles. The first-order valence-electron chi connectivity index (χ1n) is 8.52. The summed E-state index contributed by atoms with van der Waals surface area (Å²) in [6.45, 7) is 3.33. The van der Waals surface area contributed by atoms with Gasteiger partial charge in [0.15, 0.2) is 0 Å². The monoisotopic (exact) mass is 403 g/mol. The van der Waals surface area contributed by atoms with Crippen molar-refractivity contribution in [3.05, 3.63) is 39.9 Å². The molecule has 154 valence electrons. The summed E-state index contributed by atoms with van der Waals surface area (Å²) in [6, 6.07) is 1.69. The van der Waals surface area contributed by atoms with Crippen LogP contribution in [0.2, 0.25) is 0 Å². The van der Waals surface area contributed by atoms with Gasteiger partial charge in [0.05, 0.1) is 23.9 Å². The summed E-state index contributed by atoms with van der Waals surface area (Å²) in [4.78, 5) is 57.1. The van der Waals surface area contributed by atoms with Crippen molar-refractivity contribution in [1.29, 1.82) is 0 Å². The van der Waals surface area contributed by atoms with E-state index in [-0.39, 0.29) is 41.0 Å². The summed E-state index contributed by atoms with van der Waals surface area (Å²) in [6.07, 6.45) is 0.887. The largest absolute Gasteiger partial charge is 0.480 e. The number of carboxylic acid groups (broad SMARTS) is 1. The predicted molar refractivity (Wildman–Crippen MR) is 104 cm³/mol. The molecule has 2 rings (SSSR count). The van der Waals surface area contributed by atoms with Gasteiger partial charge in [-0.3, -0.25) is 19.4 Å². The molecule has 12 heteroatoms. The zero-order valence-electron chi connectivity index (χ0n) is 15.7. The van der Waals surface area contributed by atoms with Gasteiger partial charge in [-0.05, 0) is 18.1 Å². The van der Waals surface area contributed by atoms with Gasteiger partial charge in [-0.1, -0.05) is 13.8 Å². The lowest BCUT2D eigenvalue weighted by atomic mass is 10.0. The third kappa shape index (κ3) is 5.51. The number of nitrogens with zero attached hydrogens (tertiary/aromatic N) is 2. The number of anilines is 3. The molecule has 12 nitrogen and oxygen atoms in total. The van der Waals surface area contributed by atoms with Crippen molar-refractivity contribution >= 4 is 35.2 Å². The van der Waals surface area contributed by atoms with Crippen molar-refractivity contribution in [3.8, 4) is 0 Å². The molecule has 2 aromatic rings. The standard InChI is InChI=1S/C17H21N7O5/c1-7(2)12(16(28)29)22-15(27)10-4-3-8(6-20-10)21-11(25)5-9-13(18)23-17(19)24-14(9)26/h3-4,6-7,12H,5H2,1-2H3,(H,21,25)(H,22,27)(H,28,29)(H5,18,19,23,24,26)/t12-/m0/s1. The Balaban J connectivity index is 2.03. The molecule has 29 heavy (non-hydrogen) atoms. The van der Waals surface area contributed by atoms with E-state index < -0.39 is 29.4 Å². The van der Waals surface area contributed by atoms with E-state index in [2.05, 4.69) is 25.6 Å². The number of carbonyl (C=O) groups excluding carboxylic acids is 2. The van der Waals surface area contributed by atoms with E-state index in [4.69, 9.17) is 16.6 Å². The van der Waals surface area contributed by atoms with Crippen molar-refractivity contribution in [2.45, 2.75) is 26.3 Å². The first-order chi connectivity index (χ1) is 13.6. The molecule has 0 aliphatic rings. The van der Waals surface area contributed by atoms with E-state index in [9.17, 15) is 19.2 Å². The van der Waals surface area contributed by atoms with Gasteiger partial charge in [0, 0.05) is 0 Å². The van der Waals surface area contributed by atoms with Gasteiger partial charge in [-0.2, -0.15) is 4.98 Å². The number of rotatable bonds is 7. The Morgan fingerprint density at radius 3 is 2.45 bits per heavy atom. The zero-order chi connectivity index (χ0) is 21.7. The molecule has 2 heterocycles. The zero-order valence-corrected chi connectivity index (χ0v) is 15.7. The third-order valence-corrected chi connectivity index (χ3v) is 3.90. The van der Waals surface area contributed by atoms with Crippen LogP contribution in [-0.4, -0.2) is 43.9 Å². The molecule has 0 aliphatic heterocycles. The molecular formula is C17H21N7O5. The van der Waals surface area contributed by atoms with Gasteiger partial charge in [-0.25, -0.2) is 9.78 Å². The lowest BCUT2D eigenvalue weighted by molar-refractivity contribution is -0.140. The molecule has 0 aromatic carbocycles. The van der Waals surface area contributed by atoms with E-state index in [1.807, 2.05) is 0 Å². The summed E-state index contributed by atoms with van der Waals surface area (Å²) in [7, 11) is 0. The minimum Gasteiger partial charge on any atom is -0.480 e. The molecule has 2 aromatic heterocycles. The molecule has 0 fully saturated rings. The molecule has 0 spiro atoms. The predicted octanol–water partition coefficient (Wildman–Crippen LogP) is -0.650. The van der Waals surface area contributed by atoms with Crippen molar-refractivity contribution < 1.29 is 19.5 Å². The Kier molecular flexibility index (Phi) is 6.49. The molecule has 0 radical (unpaired) electrons. The fourth-order valence-corrected chi connectivity index (χ4v) is 2.40. The van der Waals surface area contributed by atoms with E-state index in [0.29, 0.717) is 0 Å². The molecule has 8 N–H and O–H groups in total. The number of aliphatic carboxylic acids is 1. The summed E-state index contributed by atoms with van der Waals surface area (Å²) in [5.41, 5.74) is 10.6. The normalized spacial score (nSPS) is 11.7. The number of nitrogen functional groups attached to an aromatic ring is 2. The number of nitrogens with two attached hydrogens (primary N) is 2. The Morgan fingerprint density at radius 1 is 1.24 bits per heavy atom. The maximum atomic E-state index is 12.1. The van der Waals surface area contributed by atoms with Gasteiger partial charge < -0.3 is 27.2 Å². The minimum atomic E-state index is -1.15. The van der Waals surface area contributed by atoms with Crippen molar-refractivity contribution in [1.82, 2.24) is 20.3 Å². The van der Waals surface area contributed by atoms with Crippen LogP contribution in [0.4, 0.5) is 17.5 Å². The summed E-state index contributed by atoms with van der Waals surface area (Å²) >= 11 is 0. The molecule has 0 aliphatic carbocycles. The number of aromatic nitrogens is 3. The maximum Gasteiger partial charge on any atom is 0.326 e. The number of pyridine rings is 1. The van der Waals surface area contributed by atoms with Gasteiger partial charge >= 0.3 is 5.97 Å². The molecule has 0 saturated heterocycles. The van der Waals surface area contributed by atoms with Gasteiger partial charge in [0.1, 0.15) is 17.6 Å². The molecular weight excluding hydrogens is 382 g/mol. The highest BCUT2D eigenvalue weighted by Gasteiger charge is 2.24. The smallest absolute Gasteiger partial charge is 0.326 e. The van der Waals surface area contributed by atoms with Crippen LogP contribution in [-0.2, 0) is 16.0 Å². The van der Waals surface area contributed by atoms with E-state index in [0.717, 1.165) is 0 Å². The number of amides is 2. The number of hydrogen-bond donors (Lipinski definition) is 6. The second-order valence-electron chi connectivity index (χ2n) is 6.51. The van der Waals surface area contributed by atoms with Crippen LogP contribution in [0.5, 0.6) is 0 Å². The first-order valence-corrected chi connectivity index (χ1v) is 8.52. The number of carbonyl (C=O) groups is 3. The highest BCUT2D eigenvalue weighted by Crippen LogP contribution is 2.10. The second kappa shape index (κ2) is 8.82. The highest BCUT2D eigenvalue weighted by atomic mass is 16.4. The first kappa shape index (κ1) is 21.3. The number of H-pyrrole nitrogens is 1. The average molecular weight is 403 g/mol. The number of aromatic amines is 1. The van der Waals surface area contributed by atoms with Crippen LogP contribution < -0.4 is 27.7 Å². The van der Waals surface area contributed by atoms with Crippen LogP contribution in [0.15, 0.2) is 23.1 Å². The second-order valence-corrected chi connectivity index (χ2v) is 6.51.